The van der Waals surface area contributed by atoms with Gasteiger partial charge in [0.25, 0.3) is 5.56 Å². The molecule has 0 saturated heterocycles. The van der Waals surface area contributed by atoms with E-state index in [2.05, 4.69) is 20.9 Å². The molecule has 1 aromatic heterocycles. The zero-order chi connectivity index (χ0) is 14.0. The number of hydrogen-bond acceptors (Lipinski definition) is 4. The minimum Gasteiger partial charge on any atom is -0.396 e. The predicted octanol–water partition coefficient (Wildman–Crippen LogP) is -0.107. The second kappa shape index (κ2) is 5.44. The monoisotopic (exact) mass is 330 g/mol. The van der Waals surface area contributed by atoms with E-state index in [0.717, 1.165) is 0 Å². The van der Waals surface area contributed by atoms with Crippen molar-refractivity contribution in [1.82, 2.24) is 9.55 Å². The van der Waals surface area contributed by atoms with Crippen molar-refractivity contribution in [2.24, 2.45) is 11.3 Å². The number of aromatic amines is 1. The maximum atomic E-state index is 11.7. The van der Waals surface area contributed by atoms with Crippen LogP contribution in [0.15, 0.2) is 20.8 Å². The Labute approximate surface area is 117 Å². The summed E-state index contributed by atoms with van der Waals surface area (Å²) in [5, 5.41) is 18.5. The normalized spacial score (nSPS) is 25.9. The van der Waals surface area contributed by atoms with E-state index in [1.807, 2.05) is 0 Å². The average Bonchev–Trinajstić information content (AvgIpc) is 3.09. The van der Waals surface area contributed by atoms with Gasteiger partial charge in [0.2, 0.25) is 0 Å². The van der Waals surface area contributed by atoms with Crippen molar-refractivity contribution in [3.63, 3.8) is 0 Å². The molecule has 1 saturated carbocycles. The predicted molar refractivity (Wildman–Crippen MR) is 74.0 cm³/mol. The Bertz CT molecular complexity index is 606. The number of aliphatic hydroxyl groups is 2. The lowest BCUT2D eigenvalue weighted by atomic mass is 10.1. The van der Waals surface area contributed by atoms with Crippen LogP contribution in [0.25, 0.3) is 6.08 Å². The molecule has 0 amide bonds. The molecule has 0 spiro atoms. The van der Waals surface area contributed by atoms with Gasteiger partial charge < -0.3 is 10.2 Å². The second-order valence-electron chi connectivity index (χ2n) is 4.87. The van der Waals surface area contributed by atoms with Crippen molar-refractivity contribution in [2.45, 2.75) is 13.0 Å². The molecular weight excluding hydrogens is 316 g/mol. The largest absolute Gasteiger partial charge is 0.396 e. The smallest absolute Gasteiger partial charge is 0.328 e. The van der Waals surface area contributed by atoms with Crippen LogP contribution in [-0.4, -0.2) is 33.0 Å². The van der Waals surface area contributed by atoms with Gasteiger partial charge in [-0.15, -0.1) is 0 Å². The molecule has 2 atom stereocenters. The number of nitrogens with one attached hydrogen (secondary N) is 1. The molecule has 0 unspecified atom stereocenters. The lowest BCUT2D eigenvalue weighted by Gasteiger charge is -2.15. The zero-order valence-corrected chi connectivity index (χ0v) is 11.8. The van der Waals surface area contributed by atoms with Crippen molar-refractivity contribution in [2.75, 3.05) is 13.2 Å². The molecule has 19 heavy (non-hydrogen) atoms. The molecular formula is C12H15BrN2O4. The van der Waals surface area contributed by atoms with E-state index in [1.54, 1.807) is 0 Å². The van der Waals surface area contributed by atoms with E-state index in [9.17, 15) is 14.7 Å². The van der Waals surface area contributed by atoms with E-state index in [0.29, 0.717) is 12.0 Å². The molecule has 3 N–H and O–H groups in total. The van der Waals surface area contributed by atoms with Crippen LogP contribution in [0, 0.1) is 11.3 Å². The summed E-state index contributed by atoms with van der Waals surface area (Å²) in [5.74, 6) is 0.00601. The molecule has 2 rings (SSSR count). The number of H-pyrrole nitrogens is 1. The summed E-state index contributed by atoms with van der Waals surface area (Å²) < 4.78 is 1.37. The first-order valence-corrected chi connectivity index (χ1v) is 6.80. The summed E-state index contributed by atoms with van der Waals surface area (Å²) in [6.07, 6.45) is 3.68. The Morgan fingerprint density at radius 3 is 2.79 bits per heavy atom. The number of nitrogens with zero attached hydrogens (tertiary/aromatic N) is 1. The zero-order valence-electron chi connectivity index (χ0n) is 10.2. The van der Waals surface area contributed by atoms with Crippen molar-refractivity contribution < 1.29 is 10.2 Å². The molecule has 0 aliphatic heterocycles. The Hall–Kier alpha value is -1.18. The van der Waals surface area contributed by atoms with Crippen LogP contribution in [-0.2, 0) is 6.54 Å². The molecule has 1 fully saturated rings. The van der Waals surface area contributed by atoms with Crippen molar-refractivity contribution in [3.8, 4) is 0 Å². The van der Waals surface area contributed by atoms with Gasteiger partial charge in [-0.1, -0.05) is 15.9 Å². The molecule has 1 aromatic rings. The topological polar surface area (TPSA) is 95.3 Å². The Morgan fingerprint density at radius 1 is 1.53 bits per heavy atom. The first-order valence-electron chi connectivity index (χ1n) is 5.88. The standard InChI is InChI=1S/C12H15BrN2O4/c13-2-1-8-4-15(11(19)14-10(8)18)6-12(7-17)3-9(12)5-16/h1-2,4,9,16-17H,3,5-7H2,(H,14,18,19)/b2-1+/t9-,12-/m0/s1. The molecule has 0 bridgehead atoms. The minimum absolute atomic E-state index is 0.00601. The summed E-state index contributed by atoms with van der Waals surface area (Å²) >= 11 is 3.08. The van der Waals surface area contributed by atoms with Crippen molar-refractivity contribution in [3.05, 3.63) is 37.6 Å². The highest BCUT2D eigenvalue weighted by Crippen LogP contribution is 2.52. The Morgan fingerprint density at radius 2 is 2.26 bits per heavy atom. The first-order chi connectivity index (χ1) is 9.06. The summed E-state index contributed by atoms with van der Waals surface area (Å²) in [6.45, 7) is 0.188. The maximum Gasteiger partial charge on any atom is 0.328 e. The van der Waals surface area contributed by atoms with E-state index < -0.39 is 16.7 Å². The van der Waals surface area contributed by atoms with E-state index in [-0.39, 0.29) is 25.7 Å². The van der Waals surface area contributed by atoms with E-state index in [1.165, 1.54) is 21.8 Å². The fraction of sp³-hybridized carbons (Fsp3) is 0.500. The molecule has 1 aliphatic rings. The third kappa shape index (κ3) is 2.72. The molecule has 0 radical (unpaired) electrons. The molecule has 6 nitrogen and oxygen atoms in total. The number of halogens is 1. The third-order valence-electron chi connectivity index (χ3n) is 3.66. The minimum atomic E-state index is -0.506. The van der Waals surface area contributed by atoms with Gasteiger partial charge in [-0.25, -0.2) is 4.79 Å². The van der Waals surface area contributed by atoms with Gasteiger partial charge in [0.15, 0.2) is 0 Å². The van der Waals surface area contributed by atoms with Gasteiger partial charge in [0, 0.05) is 24.8 Å². The SMILES string of the molecule is O=c1[nH]c(=O)n(C[C@]2(CO)C[C@H]2CO)cc1/C=C/Br. The number of aliphatic hydroxyl groups excluding tert-OH is 2. The number of rotatable bonds is 5. The van der Waals surface area contributed by atoms with E-state index in [4.69, 9.17) is 5.11 Å². The average molecular weight is 331 g/mol. The van der Waals surface area contributed by atoms with Gasteiger partial charge in [-0.2, -0.15) is 0 Å². The Balaban J connectivity index is 2.33. The van der Waals surface area contributed by atoms with Gasteiger partial charge in [-0.3, -0.25) is 14.3 Å². The molecule has 7 heteroatoms. The highest BCUT2D eigenvalue weighted by Gasteiger charge is 2.53. The van der Waals surface area contributed by atoms with Crippen LogP contribution in [0.4, 0.5) is 0 Å². The van der Waals surface area contributed by atoms with Crippen LogP contribution < -0.4 is 11.2 Å². The summed E-state index contributed by atoms with van der Waals surface area (Å²) in [7, 11) is 0. The second-order valence-corrected chi connectivity index (χ2v) is 5.40. The fourth-order valence-electron chi connectivity index (χ4n) is 2.30. The first kappa shape index (κ1) is 14.2. The summed E-state index contributed by atoms with van der Waals surface area (Å²) in [5.41, 5.74) is -1.06. The van der Waals surface area contributed by atoms with Crippen LogP contribution >= 0.6 is 15.9 Å². The van der Waals surface area contributed by atoms with Crippen LogP contribution in [0.2, 0.25) is 0 Å². The lowest BCUT2D eigenvalue weighted by Crippen LogP contribution is -2.34. The summed E-state index contributed by atoms with van der Waals surface area (Å²) in [4.78, 5) is 27.0. The summed E-state index contributed by atoms with van der Waals surface area (Å²) in [6, 6.07) is 0. The van der Waals surface area contributed by atoms with Crippen molar-refractivity contribution in [1.29, 1.82) is 0 Å². The molecule has 1 aliphatic carbocycles. The lowest BCUT2D eigenvalue weighted by molar-refractivity contribution is 0.156. The fourth-order valence-corrected chi connectivity index (χ4v) is 2.58. The number of aromatic nitrogens is 2. The Kier molecular flexibility index (Phi) is 4.07. The van der Waals surface area contributed by atoms with E-state index >= 15 is 0 Å². The van der Waals surface area contributed by atoms with Gasteiger partial charge >= 0.3 is 5.69 Å². The number of hydrogen-bond donors (Lipinski definition) is 3. The van der Waals surface area contributed by atoms with Crippen LogP contribution in [0.5, 0.6) is 0 Å². The van der Waals surface area contributed by atoms with Gasteiger partial charge in [0.1, 0.15) is 0 Å². The van der Waals surface area contributed by atoms with Crippen molar-refractivity contribution >= 4 is 22.0 Å². The quantitative estimate of drug-likeness (QED) is 0.702. The van der Waals surface area contributed by atoms with Crippen LogP contribution in [0.1, 0.15) is 12.0 Å². The maximum absolute atomic E-state index is 11.7. The molecule has 0 aromatic carbocycles. The van der Waals surface area contributed by atoms with Gasteiger partial charge in [0.05, 0.1) is 12.2 Å². The van der Waals surface area contributed by atoms with Gasteiger partial charge in [-0.05, 0) is 23.4 Å². The third-order valence-corrected chi connectivity index (χ3v) is 3.92. The molecule has 104 valence electrons. The van der Waals surface area contributed by atoms with Crippen LogP contribution in [0.3, 0.4) is 0 Å². The highest BCUT2D eigenvalue weighted by molar-refractivity contribution is 9.11. The molecule has 1 heterocycles. The highest BCUT2D eigenvalue weighted by atomic mass is 79.9.